The molecule has 1 aliphatic rings. The second kappa shape index (κ2) is 6.68. The lowest BCUT2D eigenvalue weighted by atomic mass is 10.1. The van der Waals surface area contributed by atoms with Crippen molar-refractivity contribution in [3.05, 3.63) is 52.9 Å². The van der Waals surface area contributed by atoms with E-state index in [1.54, 1.807) is 13.0 Å². The minimum Gasteiger partial charge on any atom is -0.461 e. The maximum Gasteiger partial charge on any atom is 0.358 e. The summed E-state index contributed by atoms with van der Waals surface area (Å²) in [4.78, 5) is 11.8. The summed E-state index contributed by atoms with van der Waals surface area (Å²) in [6, 6.07) is 4.58. The molecule has 1 saturated carbocycles. The fourth-order valence-corrected chi connectivity index (χ4v) is 2.62. The van der Waals surface area contributed by atoms with Crippen molar-refractivity contribution in [2.45, 2.75) is 38.3 Å². The average molecular weight is 336 g/mol. The number of rotatable bonds is 6. The Balaban J connectivity index is 1.85. The van der Waals surface area contributed by atoms with E-state index in [0.717, 1.165) is 36.7 Å². The number of aliphatic hydroxyl groups excluding tert-OH is 1. The van der Waals surface area contributed by atoms with E-state index in [1.807, 2.05) is 0 Å². The molecule has 5 nitrogen and oxygen atoms in total. The third kappa shape index (κ3) is 3.46. The summed E-state index contributed by atoms with van der Waals surface area (Å²) in [6.07, 6.45) is 0.671. The van der Waals surface area contributed by atoms with E-state index in [-0.39, 0.29) is 30.3 Å². The summed E-state index contributed by atoms with van der Waals surface area (Å²) >= 11 is 0. The predicted octanol–water partition coefficient (Wildman–Crippen LogP) is 2.95. The zero-order chi connectivity index (χ0) is 17.3. The highest BCUT2D eigenvalue weighted by Gasteiger charge is 2.30. The van der Waals surface area contributed by atoms with Crippen molar-refractivity contribution in [1.29, 1.82) is 0 Å². The summed E-state index contributed by atoms with van der Waals surface area (Å²) in [5.41, 5.74) is 0.824. The number of aliphatic hydroxyl groups is 1. The van der Waals surface area contributed by atoms with Crippen LogP contribution in [0.25, 0.3) is 0 Å². The molecule has 1 aliphatic carbocycles. The molecular weight excluding hydrogens is 318 g/mol. The lowest BCUT2D eigenvalue weighted by Gasteiger charge is -2.14. The number of nitrogens with zero attached hydrogens (tertiary/aromatic N) is 2. The molecule has 1 atom stereocenters. The van der Waals surface area contributed by atoms with Crippen molar-refractivity contribution < 1.29 is 23.4 Å². The van der Waals surface area contributed by atoms with Gasteiger partial charge in [0.2, 0.25) is 0 Å². The van der Waals surface area contributed by atoms with Gasteiger partial charge in [-0.3, -0.25) is 4.68 Å². The molecule has 0 amide bonds. The van der Waals surface area contributed by atoms with Crippen molar-refractivity contribution in [2.24, 2.45) is 0 Å². The van der Waals surface area contributed by atoms with Gasteiger partial charge in [-0.15, -0.1) is 0 Å². The number of hydrogen-bond donors (Lipinski definition) is 1. The molecule has 0 radical (unpaired) electrons. The van der Waals surface area contributed by atoms with E-state index in [9.17, 15) is 18.7 Å². The van der Waals surface area contributed by atoms with Crippen LogP contribution in [0.2, 0.25) is 0 Å². The molecule has 7 heteroatoms. The molecule has 24 heavy (non-hydrogen) atoms. The van der Waals surface area contributed by atoms with Gasteiger partial charge < -0.3 is 9.84 Å². The minimum atomic E-state index is -1.27. The Morgan fingerprint density at radius 3 is 2.83 bits per heavy atom. The normalized spacial score (nSPS) is 15.3. The number of ether oxygens (including phenoxy) is 1. The summed E-state index contributed by atoms with van der Waals surface area (Å²) in [5, 5.41) is 14.4. The molecule has 1 aromatic carbocycles. The largest absolute Gasteiger partial charge is 0.461 e. The Hall–Kier alpha value is -2.28. The molecule has 2 aromatic rings. The summed E-state index contributed by atoms with van der Waals surface area (Å²) in [5.74, 6) is -1.58. The average Bonchev–Trinajstić information content (AvgIpc) is 3.31. The highest BCUT2D eigenvalue weighted by molar-refractivity contribution is 5.87. The lowest BCUT2D eigenvalue weighted by Crippen LogP contribution is -2.14. The molecule has 1 fully saturated rings. The zero-order valence-corrected chi connectivity index (χ0v) is 13.2. The zero-order valence-electron chi connectivity index (χ0n) is 13.2. The molecule has 128 valence electrons. The first-order valence-corrected chi connectivity index (χ1v) is 7.87. The van der Waals surface area contributed by atoms with Crippen molar-refractivity contribution >= 4 is 5.97 Å². The Morgan fingerprint density at radius 1 is 1.42 bits per heavy atom. The van der Waals surface area contributed by atoms with E-state index >= 15 is 0 Å². The number of benzene rings is 1. The molecule has 0 aliphatic heterocycles. The standard InChI is InChI=1S/C17H18F2N2O3/c1-2-24-17(23)14-8-15(10-3-4-10)21(20-14)9-16(22)12-7-11(18)5-6-13(12)19/h5-8,10,16,22H,2-4,9H2,1H3. The number of carbonyl (C=O) groups excluding carboxylic acids is 1. The van der Waals surface area contributed by atoms with E-state index < -0.39 is 23.7 Å². The van der Waals surface area contributed by atoms with Gasteiger partial charge in [0.1, 0.15) is 17.7 Å². The maximum atomic E-state index is 13.8. The van der Waals surface area contributed by atoms with Crippen molar-refractivity contribution in [2.75, 3.05) is 6.61 Å². The second-order valence-electron chi connectivity index (χ2n) is 5.81. The van der Waals surface area contributed by atoms with Gasteiger partial charge in [-0.1, -0.05) is 0 Å². The SMILES string of the molecule is CCOC(=O)c1cc(C2CC2)n(CC(O)c2cc(F)ccc2F)n1. The molecule has 0 bridgehead atoms. The van der Waals surface area contributed by atoms with Gasteiger partial charge in [-0.25, -0.2) is 13.6 Å². The third-order valence-electron chi connectivity index (χ3n) is 3.95. The number of hydrogen-bond acceptors (Lipinski definition) is 4. The number of halogens is 2. The number of carbonyl (C=O) groups is 1. The van der Waals surface area contributed by atoms with Gasteiger partial charge >= 0.3 is 5.97 Å². The van der Waals surface area contributed by atoms with Crippen molar-refractivity contribution in [1.82, 2.24) is 9.78 Å². The first kappa shape index (κ1) is 16.6. The van der Waals surface area contributed by atoms with E-state index in [2.05, 4.69) is 5.10 Å². The van der Waals surface area contributed by atoms with Crippen LogP contribution in [0, 0.1) is 11.6 Å². The summed E-state index contributed by atoms with van der Waals surface area (Å²) in [7, 11) is 0. The number of esters is 1. The molecule has 1 aromatic heterocycles. The van der Waals surface area contributed by atoms with Gasteiger partial charge in [0.25, 0.3) is 0 Å². The molecule has 1 N–H and O–H groups in total. The first-order valence-electron chi connectivity index (χ1n) is 7.87. The Bertz CT molecular complexity index is 756. The van der Waals surface area contributed by atoms with E-state index in [4.69, 9.17) is 4.74 Å². The van der Waals surface area contributed by atoms with Gasteiger partial charge in [-0.05, 0) is 44.0 Å². The van der Waals surface area contributed by atoms with Gasteiger partial charge in [0.05, 0.1) is 13.2 Å². The van der Waals surface area contributed by atoms with E-state index in [1.165, 1.54) is 4.68 Å². The molecular formula is C17H18F2N2O3. The van der Waals surface area contributed by atoms with Crippen LogP contribution in [-0.4, -0.2) is 27.5 Å². The van der Waals surface area contributed by atoms with Gasteiger partial charge in [0.15, 0.2) is 5.69 Å². The highest BCUT2D eigenvalue weighted by Crippen LogP contribution is 2.40. The molecule has 0 saturated heterocycles. The van der Waals surface area contributed by atoms with Crippen molar-refractivity contribution in [3.8, 4) is 0 Å². The van der Waals surface area contributed by atoms with Crippen LogP contribution in [0.15, 0.2) is 24.3 Å². The Kier molecular flexibility index (Phi) is 4.62. The second-order valence-corrected chi connectivity index (χ2v) is 5.81. The maximum absolute atomic E-state index is 13.8. The topological polar surface area (TPSA) is 64.3 Å². The quantitative estimate of drug-likeness (QED) is 0.824. The Morgan fingerprint density at radius 2 is 2.17 bits per heavy atom. The summed E-state index contributed by atoms with van der Waals surface area (Å²) in [6.45, 7) is 1.88. The van der Waals surface area contributed by atoms with Gasteiger partial charge in [0, 0.05) is 17.2 Å². The molecule has 3 rings (SSSR count). The van der Waals surface area contributed by atoms with Gasteiger partial charge in [-0.2, -0.15) is 5.10 Å². The fraction of sp³-hybridized carbons (Fsp3) is 0.412. The van der Waals surface area contributed by atoms with Crippen LogP contribution in [0.5, 0.6) is 0 Å². The smallest absolute Gasteiger partial charge is 0.358 e. The fourth-order valence-electron chi connectivity index (χ4n) is 2.62. The van der Waals surface area contributed by atoms with Crippen LogP contribution in [-0.2, 0) is 11.3 Å². The Labute approximate surface area is 137 Å². The minimum absolute atomic E-state index is 0.0639. The molecule has 1 heterocycles. The first-order chi connectivity index (χ1) is 11.5. The van der Waals surface area contributed by atoms with Crippen LogP contribution < -0.4 is 0 Å². The third-order valence-corrected chi connectivity index (χ3v) is 3.95. The highest BCUT2D eigenvalue weighted by atomic mass is 19.1. The van der Waals surface area contributed by atoms with Crippen LogP contribution >= 0.6 is 0 Å². The lowest BCUT2D eigenvalue weighted by molar-refractivity contribution is 0.0517. The van der Waals surface area contributed by atoms with E-state index in [0.29, 0.717) is 0 Å². The van der Waals surface area contributed by atoms with Crippen LogP contribution in [0.3, 0.4) is 0 Å². The van der Waals surface area contributed by atoms with Crippen LogP contribution in [0.1, 0.15) is 53.5 Å². The van der Waals surface area contributed by atoms with Crippen molar-refractivity contribution in [3.63, 3.8) is 0 Å². The van der Waals surface area contributed by atoms with Crippen LogP contribution in [0.4, 0.5) is 8.78 Å². The molecule has 0 spiro atoms. The number of aromatic nitrogens is 2. The monoisotopic (exact) mass is 336 g/mol. The molecule has 1 unspecified atom stereocenters. The summed E-state index contributed by atoms with van der Waals surface area (Å²) < 4.78 is 33.5. The predicted molar refractivity (Wildman–Crippen MR) is 81.5 cm³/mol.